The molecule has 1 rings (SSSR count). The van der Waals surface area contributed by atoms with Gasteiger partial charge in [0.1, 0.15) is 0 Å². The zero-order valence-corrected chi connectivity index (χ0v) is 9.92. The maximum atomic E-state index is 5.51. The fourth-order valence-electron chi connectivity index (χ4n) is 1.29. The Kier molecular flexibility index (Phi) is 5.32. The summed E-state index contributed by atoms with van der Waals surface area (Å²) in [5.74, 6) is 1.52. The maximum absolute atomic E-state index is 5.51. The second kappa shape index (κ2) is 6.56. The van der Waals surface area contributed by atoms with Crippen molar-refractivity contribution in [3.8, 4) is 0 Å². The minimum absolute atomic E-state index is 0.507. The lowest BCUT2D eigenvalue weighted by Crippen LogP contribution is -2.25. The molecule has 0 saturated carbocycles. The van der Waals surface area contributed by atoms with Crippen LogP contribution in [0, 0.1) is 0 Å². The van der Waals surface area contributed by atoms with Crippen molar-refractivity contribution in [1.29, 1.82) is 0 Å². The van der Waals surface area contributed by atoms with Gasteiger partial charge >= 0.3 is 0 Å². The largest absolute Gasteiger partial charge is 0.425 e. The van der Waals surface area contributed by atoms with Crippen molar-refractivity contribution in [2.75, 3.05) is 6.54 Å². The Morgan fingerprint density at radius 1 is 1.20 bits per heavy atom. The molecular formula is C11H21N3O. The number of hydrogen-bond donors (Lipinski definition) is 1. The van der Waals surface area contributed by atoms with E-state index >= 15 is 0 Å². The van der Waals surface area contributed by atoms with Gasteiger partial charge in [0.15, 0.2) is 0 Å². The van der Waals surface area contributed by atoms with E-state index < -0.39 is 0 Å². The van der Waals surface area contributed by atoms with Gasteiger partial charge in [0.2, 0.25) is 11.8 Å². The van der Waals surface area contributed by atoms with Crippen LogP contribution in [0.2, 0.25) is 0 Å². The molecule has 0 atom stereocenters. The molecule has 0 bridgehead atoms. The van der Waals surface area contributed by atoms with E-state index in [-0.39, 0.29) is 0 Å². The summed E-state index contributed by atoms with van der Waals surface area (Å²) in [6, 6.07) is 0.507. The van der Waals surface area contributed by atoms with E-state index in [4.69, 9.17) is 4.42 Å². The number of aryl methyl sites for hydroxylation is 1. The Bertz CT molecular complexity index is 271. The molecule has 0 saturated heterocycles. The predicted molar refractivity (Wildman–Crippen MR) is 59.8 cm³/mol. The first kappa shape index (κ1) is 12.2. The highest BCUT2D eigenvalue weighted by Gasteiger charge is 2.05. The molecule has 0 amide bonds. The number of unbranched alkanes of at least 4 members (excludes halogenated alkanes) is 1. The average Bonchev–Trinajstić information content (AvgIpc) is 2.62. The predicted octanol–water partition coefficient (Wildman–Crippen LogP) is 1.95. The van der Waals surface area contributed by atoms with Crippen LogP contribution in [-0.4, -0.2) is 22.8 Å². The van der Waals surface area contributed by atoms with Crippen LogP contribution in [0.1, 0.15) is 45.4 Å². The summed E-state index contributed by atoms with van der Waals surface area (Å²) in [6.07, 6.45) is 4.00. The average molecular weight is 211 g/mol. The molecule has 1 heterocycles. The van der Waals surface area contributed by atoms with E-state index in [1.165, 1.54) is 0 Å². The third-order valence-electron chi connectivity index (χ3n) is 2.14. The third-order valence-corrected chi connectivity index (χ3v) is 2.14. The Morgan fingerprint density at radius 3 is 2.47 bits per heavy atom. The highest BCUT2D eigenvalue weighted by molar-refractivity contribution is 4.83. The molecule has 4 heteroatoms. The monoisotopic (exact) mass is 211 g/mol. The van der Waals surface area contributed by atoms with Crippen molar-refractivity contribution in [3.05, 3.63) is 11.8 Å². The molecular weight excluding hydrogens is 190 g/mol. The summed E-state index contributed by atoms with van der Waals surface area (Å²) < 4.78 is 5.51. The van der Waals surface area contributed by atoms with E-state index in [0.717, 1.165) is 44.0 Å². The molecule has 1 aromatic heterocycles. The van der Waals surface area contributed by atoms with Crippen LogP contribution in [0.15, 0.2) is 4.42 Å². The van der Waals surface area contributed by atoms with Crippen LogP contribution in [0.4, 0.5) is 0 Å². The van der Waals surface area contributed by atoms with Crippen LogP contribution in [-0.2, 0) is 12.8 Å². The Morgan fingerprint density at radius 2 is 1.87 bits per heavy atom. The highest BCUT2D eigenvalue weighted by atomic mass is 16.4. The topological polar surface area (TPSA) is 51.0 Å². The Labute approximate surface area is 91.5 Å². The first-order valence-electron chi connectivity index (χ1n) is 5.77. The standard InChI is InChI=1S/C11H21N3O/c1-4-5-6-10-13-14-11(15-10)7-8-12-9(2)3/h9,12H,4-8H2,1-3H3. The van der Waals surface area contributed by atoms with Gasteiger partial charge in [-0.25, -0.2) is 0 Å². The highest BCUT2D eigenvalue weighted by Crippen LogP contribution is 2.04. The van der Waals surface area contributed by atoms with Crippen molar-refractivity contribution >= 4 is 0 Å². The van der Waals surface area contributed by atoms with Gasteiger partial charge in [0.05, 0.1) is 0 Å². The van der Waals surface area contributed by atoms with Gasteiger partial charge in [-0.15, -0.1) is 10.2 Å². The summed E-state index contributed by atoms with van der Waals surface area (Å²) >= 11 is 0. The lowest BCUT2D eigenvalue weighted by atomic mass is 10.2. The van der Waals surface area contributed by atoms with Crippen molar-refractivity contribution in [1.82, 2.24) is 15.5 Å². The zero-order chi connectivity index (χ0) is 11.1. The molecule has 15 heavy (non-hydrogen) atoms. The molecule has 1 aromatic rings. The number of hydrogen-bond acceptors (Lipinski definition) is 4. The fraction of sp³-hybridized carbons (Fsp3) is 0.818. The van der Waals surface area contributed by atoms with Gasteiger partial charge in [-0.3, -0.25) is 0 Å². The molecule has 0 unspecified atom stereocenters. The van der Waals surface area contributed by atoms with Crippen LogP contribution in [0.3, 0.4) is 0 Å². The van der Waals surface area contributed by atoms with Crippen LogP contribution in [0.25, 0.3) is 0 Å². The smallest absolute Gasteiger partial charge is 0.217 e. The molecule has 0 aromatic carbocycles. The van der Waals surface area contributed by atoms with Crippen LogP contribution < -0.4 is 5.32 Å². The Balaban J connectivity index is 2.26. The zero-order valence-electron chi connectivity index (χ0n) is 9.92. The summed E-state index contributed by atoms with van der Waals surface area (Å²) in [5, 5.41) is 11.3. The Hall–Kier alpha value is -0.900. The maximum Gasteiger partial charge on any atom is 0.217 e. The minimum atomic E-state index is 0.507. The van der Waals surface area contributed by atoms with Crippen LogP contribution >= 0.6 is 0 Å². The summed E-state index contributed by atoms with van der Waals surface area (Å²) in [6.45, 7) is 7.30. The lowest BCUT2D eigenvalue weighted by molar-refractivity contribution is 0.435. The quantitative estimate of drug-likeness (QED) is 0.749. The first-order chi connectivity index (χ1) is 7.22. The van der Waals surface area contributed by atoms with Gasteiger partial charge in [-0.05, 0) is 6.42 Å². The van der Waals surface area contributed by atoms with Gasteiger partial charge < -0.3 is 9.73 Å². The van der Waals surface area contributed by atoms with Gasteiger partial charge in [-0.2, -0.15) is 0 Å². The molecule has 0 fully saturated rings. The molecule has 0 aliphatic carbocycles. The van der Waals surface area contributed by atoms with E-state index in [0.29, 0.717) is 6.04 Å². The summed E-state index contributed by atoms with van der Waals surface area (Å²) in [7, 11) is 0. The van der Waals surface area contributed by atoms with Crippen molar-refractivity contribution in [2.45, 2.75) is 52.5 Å². The van der Waals surface area contributed by atoms with Crippen molar-refractivity contribution in [2.24, 2.45) is 0 Å². The number of nitrogens with one attached hydrogen (secondary N) is 1. The number of rotatable bonds is 7. The van der Waals surface area contributed by atoms with Crippen molar-refractivity contribution in [3.63, 3.8) is 0 Å². The lowest BCUT2D eigenvalue weighted by Gasteiger charge is -2.04. The van der Waals surface area contributed by atoms with E-state index in [1.54, 1.807) is 0 Å². The van der Waals surface area contributed by atoms with Crippen LogP contribution in [0.5, 0.6) is 0 Å². The third kappa shape index (κ3) is 4.93. The molecule has 1 N–H and O–H groups in total. The summed E-state index contributed by atoms with van der Waals surface area (Å²) in [4.78, 5) is 0. The van der Waals surface area contributed by atoms with E-state index in [1.807, 2.05) is 0 Å². The second-order valence-electron chi connectivity index (χ2n) is 4.05. The second-order valence-corrected chi connectivity index (χ2v) is 4.05. The first-order valence-corrected chi connectivity index (χ1v) is 5.77. The number of aromatic nitrogens is 2. The SMILES string of the molecule is CCCCc1nnc(CCNC(C)C)o1. The van der Waals surface area contributed by atoms with Gasteiger partial charge in [-0.1, -0.05) is 27.2 Å². The molecule has 4 nitrogen and oxygen atoms in total. The summed E-state index contributed by atoms with van der Waals surface area (Å²) in [5.41, 5.74) is 0. The molecule has 0 radical (unpaired) electrons. The fourth-order valence-corrected chi connectivity index (χ4v) is 1.29. The minimum Gasteiger partial charge on any atom is -0.425 e. The van der Waals surface area contributed by atoms with E-state index in [9.17, 15) is 0 Å². The molecule has 0 aliphatic rings. The van der Waals surface area contributed by atoms with Crippen molar-refractivity contribution < 1.29 is 4.42 Å². The van der Waals surface area contributed by atoms with Gasteiger partial charge in [0, 0.05) is 25.4 Å². The molecule has 0 aliphatic heterocycles. The molecule has 86 valence electrons. The van der Waals surface area contributed by atoms with E-state index in [2.05, 4.69) is 36.3 Å². The molecule has 0 spiro atoms. The van der Waals surface area contributed by atoms with Gasteiger partial charge in [0.25, 0.3) is 0 Å². The normalized spacial score (nSPS) is 11.2. The number of nitrogens with zero attached hydrogens (tertiary/aromatic N) is 2.